The predicted molar refractivity (Wildman–Crippen MR) is 150 cm³/mol. The summed E-state index contributed by atoms with van der Waals surface area (Å²) in [6.07, 6.45) is -4.68. The highest BCUT2D eigenvalue weighted by Crippen LogP contribution is 2.41. The molecule has 0 saturated carbocycles. The van der Waals surface area contributed by atoms with Crippen molar-refractivity contribution in [2.45, 2.75) is 99.8 Å². The zero-order chi connectivity index (χ0) is 29.2. The summed E-state index contributed by atoms with van der Waals surface area (Å²) < 4.78 is 30.8. The van der Waals surface area contributed by atoms with Crippen molar-refractivity contribution in [3.63, 3.8) is 0 Å². The van der Waals surface area contributed by atoms with E-state index in [1.54, 1.807) is 62.3 Å². The molecule has 0 aromatic heterocycles. The number of carbonyl (C=O) groups is 3. The van der Waals surface area contributed by atoms with Crippen molar-refractivity contribution in [1.29, 1.82) is 0 Å². The summed E-state index contributed by atoms with van der Waals surface area (Å²) in [6, 6.07) is 5.67. The van der Waals surface area contributed by atoms with E-state index in [-0.39, 0.29) is 6.61 Å². The molecule has 0 radical (unpaired) electrons. The summed E-state index contributed by atoms with van der Waals surface area (Å²) in [5.74, 6) is -1.46. The molecule has 38 heavy (non-hydrogen) atoms. The van der Waals surface area contributed by atoms with Crippen LogP contribution in [0.25, 0.3) is 0 Å². The van der Waals surface area contributed by atoms with Crippen molar-refractivity contribution in [3.8, 4) is 0 Å². The first kappa shape index (κ1) is 32.7. The molecule has 0 aliphatic carbocycles. The molecule has 8 nitrogen and oxygen atoms in total. The average Bonchev–Trinajstić information content (AvgIpc) is 2.78. The molecular formula is C28H42BrO8P. The third-order valence-corrected chi connectivity index (χ3v) is 7.28. The summed E-state index contributed by atoms with van der Waals surface area (Å²) in [5.41, 5.74) is -0.744. The summed E-state index contributed by atoms with van der Waals surface area (Å²) >= 11 is 3.56. The highest BCUT2D eigenvalue weighted by molar-refractivity contribution is 9.10. The number of carbonyl (C=O) groups excluding carboxylic acids is 3. The van der Waals surface area contributed by atoms with Crippen LogP contribution in [0.2, 0.25) is 0 Å². The minimum absolute atomic E-state index is 0.213. The van der Waals surface area contributed by atoms with E-state index in [0.29, 0.717) is 0 Å². The van der Waals surface area contributed by atoms with Crippen LogP contribution in [0.15, 0.2) is 22.7 Å². The summed E-state index contributed by atoms with van der Waals surface area (Å²) in [4.78, 5) is 38.9. The van der Waals surface area contributed by atoms with Crippen molar-refractivity contribution in [2.75, 3.05) is 6.61 Å². The van der Waals surface area contributed by atoms with Gasteiger partial charge in [-0.1, -0.05) is 28.1 Å². The maximum Gasteiger partial charge on any atom is 0.311 e. The molecule has 1 aromatic rings. The lowest BCUT2D eigenvalue weighted by Gasteiger charge is -2.46. The maximum absolute atomic E-state index is 13.1. The average molecular weight is 618 g/mol. The Morgan fingerprint density at radius 1 is 0.842 bits per heavy atom. The summed E-state index contributed by atoms with van der Waals surface area (Å²) in [5, 5.41) is 0. The molecule has 1 unspecified atom stereocenters. The Morgan fingerprint density at radius 3 is 1.82 bits per heavy atom. The van der Waals surface area contributed by atoms with Crippen LogP contribution >= 0.6 is 25.4 Å². The number of esters is 3. The number of benzene rings is 1. The van der Waals surface area contributed by atoms with E-state index in [4.69, 9.17) is 23.5 Å². The first-order chi connectivity index (χ1) is 17.3. The van der Waals surface area contributed by atoms with Crippen molar-refractivity contribution in [2.24, 2.45) is 16.2 Å². The summed E-state index contributed by atoms with van der Waals surface area (Å²) in [6.45, 7) is 17.3. The smallest absolute Gasteiger partial charge is 0.311 e. The lowest BCUT2D eigenvalue weighted by Crippen LogP contribution is -2.60. The Morgan fingerprint density at radius 2 is 1.34 bits per heavy atom. The fraction of sp³-hybridized carbons (Fsp3) is 0.679. The fourth-order valence-electron chi connectivity index (χ4n) is 3.63. The van der Waals surface area contributed by atoms with Crippen molar-refractivity contribution < 1.29 is 37.9 Å². The fourth-order valence-corrected chi connectivity index (χ4v) is 4.31. The van der Waals surface area contributed by atoms with Gasteiger partial charge < -0.3 is 23.5 Å². The molecule has 2 rings (SSSR count). The van der Waals surface area contributed by atoms with Crippen LogP contribution in [-0.2, 0) is 37.9 Å². The number of hydrogen-bond donors (Lipinski definition) is 0. The molecule has 214 valence electrons. The van der Waals surface area contributed by atoms with E-state index in [2.05, 4.69) is 25.4 Å². The molecule has 10 heteroatoms. The van der Waals surface area contributed by atoms with Crippen LogP contribution in [0, 0.1) is 23.2 Å². The van der Waals surface area contributed by atoms with Gasteiger partial charge >= 0.3 is 17.9 Å². The molecule has 1 aliphatic heterocycles. The highest BCUT2D eigenvalue weighted by Gasteiger charge is 2.53. The Labute approximate surface area is 237 Å². The zero-order valence-corrected chi connectivity index (χ0v) is 26.8. The Balaban J connectivity index is 2.64. The van der Waals surface area contributed by atoms with E-state index >= 15 is 0 Å². The normalized spacial score (nSPS) is 24.5. The van der Waals surface area contributed by atoms with Crippen LogP contribution < -0.4 is 0 Å². The first-order valence-electron chi connectivity index (χ1n) is 12.6. The number of rotatable bonds is 6. The van der Waals surface area contributed by atoms with Crippen molar-refractivity contribution >= 4 is 43.3 Å². The van der Waals surface area contributed by atoms with Crippen LogP contribution in [0.5, 0.6) is 0 Å². The Bertz CT molecular complexity index is 1020. The van der Waals surface area contributed by atoms with Gasteiger partial charge in [0.25, 0.3) is 0 Å². The molecule has 1 aromatic carbocycles. The lowest BCUT2D eigenvalue weighted by atomic mass is 9.88. The third kappa shape index (κ3) is 8.00. The van der Waals surface area contributed by atoms with Crippen LogP contribution in [0.4, 0.5) is 0 Å². The number of halogens is 1. The topological polar surface area (TPSA) is 97.4 Å². The number of hydrogen-bond acceptors (Lipinski definition) is 8. The minimum Gasteiger partial charge on any atom is -0.462 e. The van der Waals surface area contributed by atoms with Gasteiger partial charge in [-0.2, -0.15) is 0 Å². The second-order valence-corrected chi connectivity index (χ2v) is 13.9. The van der Waals surface area contributed by atoms with E-state index < -0.39 is 64.7 Å². The van der Waals surface area contributed by atoms with Crippen LogP contribution in [0.3, 0.4) is 0 Å². The molecule has 6 atom stereocenters. The number of ether oxygens (including phenoxy) is 4. The molecule has 0 N–H and O–H groups in total. The first-order valence-corrected chi connectivity index (χ1v) is 13.9. The molecule has 1 heterocycles. The second-order valence-electron chi connectivity index (χ2n) is 12.7. The van der Waals surface area contributed by atoms with Gasteiger partial charge in [-0.3, -0.25) is 14.4 Å². The molecule has 0 spiro atoms. The Hall–Kier alpha value is -1.54. The van der Waals surface area contributed by atoms with Gasteiger partial charge in [0.15, 0.2) is 12.2 Å². The standard InChI is InChI=1S/C28H42BrO8P/c1-15-16(12-11-13-17(15)29)19-22(37-38)21(36-25(32)28(8,9)10)20(35-24(31)27(5,6)7)18(34-19)14-33-23(30)26(2,3)4/h11-13,18-22H,14,38H2,1-10H3/t18-,19-,20-,21+,22-/m1/s1. The van der Waals surface area contributed by atoms with E-state index in [1.807, 2.05) is 25.1 Å². The van der Waals surface area contributed by atoms with Gasteiger partial charge in [0.1, 0.15) is 24.9 Å². The monoisotopic (exact) mass is 616 g/mol. The third-order valence-electron chi connectivity index (χ3n) is 6.11. The minimum atomic E-state index is -1.10. The summed E-state index contributed by atoms with van der Waals surface area (Å²) in [7, 11) is 2.21. The SMILES string of the molecule is Cc1c(Br)cccc1[C@H]1O[C@H](COC(=O)C(C)(C)C)[C@@H](OC(=O)C(C)(C)C)[C@H](OC(=O)C(C)(C)C)[C@@H]1OP. The highest BCUT2D eigenvalue weighted by atomic mass is 79.9. The van der Waals surface area contributed by atoms with Gasteiger partial charge in [0.05, 0.1) is 16.2 Å². The quantitative estimate of drug-likeness (QED) is 0.222. The largest absolute Gasteiger partial charge is 0.462 e. The van der Waals surface area contributed by atoms with Gasteiger partial charge in [-0.15, -0.1) is 0 Å². The van der Waals surface area contributed by atoms with Gasteiger partial charge in [0.2, 0.25) is 0 Å². The molecule has 1 saturated heterocycles. The van der Waals surface area contributed by atoms with Gasteiger partial charge in [0, 0.05) is 13.9 Å². The van der Waals surface area contributed by atoms with E-state index in [0.717, 1.165) is 15.6 Å². The van der Waals surface area contributed by atoms with E-state index in [1.165, 1.54) is 0 Å². The van der Waals surface area contributed by atoms with E-state index in [9.17, 15) is 14.4 Å². The molecule has 0 amide bonds. The molecule has 1 aliphatic rings. The zero-order valence-electron chi connectivity index (χ0n) is 24.0. The van der Waals surface area contributed by atoms with Crippen molar-refractivity contribution in [3.05, 3.63) is 33.8 Å². The Kier molecular flexibility index (Phi) is 10.6. The van der Waals surface area contributed by atoms with Crippen molar-refractivity contribution in [1.82, 2.24) is 0 Å². The lowest BCUT2D eigenvalue weighted by molar-refractivity contribution is -0.249. The molecule has 0 bridgehead atoms. The van der Waals surface area contributed by atoms with Crippen LogP contribution in [-0.4, -0.2) is 48.9 Å². The predicted octanol–water partition coefficient (Wildman–Crippen LogP) is 5.88. The van der Waals surface area contributed by atoms with Gasteiger partial charge in [-0.05, 0) is 86.4 Å². The molecule has 1 fully saturated rings. The maximum atomic E-state index is 13.1. The second kappa shape index (κ2) is 12.3. The van der Waals surface area contributed by atoms with Gasteiger partial charge in [-0.25, -0.2) is 0 Å². The van der Waals surface area contributed by atoms with Crippen LogP contribution in [0.1, 0.15) is 79.5 Å². The molecular weight excluding hydrogens is 575 g/mol.